The lowest BCUT2D eigenvalue weighted by Gasteiger charge is -2.36. The van der Waals surface area contributed by atoms with Crippen LogP contribution in [0.15, 0.2) is 4.99 Å². The van der Waals surface area contributed by atoms with Gasteiger partial charge in [0, 0.05) is 39.3 Å². The van der Waals surface area contributed by atoms with Crippen molar-refractivity contribution in [3.8, 4) is 0 Å². The topological polar surface area (TPSA) is 74.4 Å². The number of nitrogens with zero attached hydrogens (tertiary/aromatic N) is 4. The number of amides is 1. The summed E-state index contributed by atoms with van der Waals surface area (Å²) < 4.78 is 5.42. The predicted octanol–water partition coefficient (Wildman–Crippen LogP) is 2.37. The molecule has 0 bridgehead atoms. The number of unbranched alkanes of at least 4 members (excludes halogenated alkanes) is 1. The van der Waals surface area contributed by atoms with Crippen LogP contribution >= 0.6 is 0 Å². The minimum absolute atomic E-state index is 0.246. The van der Waals surface area contributed by atoms with Gasteiger partial charge in [-0.25, -0.2) is 4.79 Å². The fraction of sp³-hybridized carbons (Fsp3) is 0.900. The Morgan fingerprint density at radius 1 is 1.11 bits per heavy atom. The number of hydrogen-bond acceptors (Lipinski definition) is 4. The Morgan fingerprint density at radius 3 is 2.41 bits per heavy atom. The summed E-state index contributed by atoms with van der Waals surface area (Å²) >= 11 is 0. The average Bonchev–Trinajstić information content (AvgIpc) is 2.60. The summed E-state index contributed by atoms with van der Waals surface area (Å²) in [7, 11) is 0. The van der Waals surface area contributed by atoms with Gasteiger partial charge in [-0.15, -0.1) is 0 Å². The number of likely N-dealkylation sites (tertiary alicyclic amines) is 1. The first-order chi connectivity index (χ1) is 12.7. The Balaban J connectivity index is 1.62. The number of hydrogen-bond donors (Lipinski definition) is 1. The predicted molar refractivity (Wildman–Crippen MR) is 110 cm³/mol. The molecule has 0 aromatic carbocycles. The van der Waals surface area contributed by atoms with Gasteiger partial charge in [-0.05, 0) is 65.5 Å². The number of rotatable bonds is 5. The third-order valence-electron chi connectivity index (χ3n) is 5.15. The smallest absolute Gasteiger partial charge is 0.410 e. The Kier molecular flexibility index (Phi) is 8.20. The zero-order chi connectivity index (χ0) is 19.9. The van der Waals surface area contributed by atoms with Crippen LogP contribution < -0.4 is 5.73 Å². The second kappa shape index (κ2) is 10.2. The second-order valence-electron chi connectivity index (χ2n) is 8.95. The maximum absolute atomic E-state index is 12.1. The van der Waals surface area contributed by atoms with Crippen molar-refractivity contribution in [2.24, 2.45) is 16.6 Å². The van der Waals surface area contributed by atoms with Gasteiger partial charge in [-0.3, -0.25) is 4.99 Å². The Bertz CT molecular complexity index is 495. The molecule has 156 valence electrons. The molecular weight excluding hydrogens is 342 g/mol. The lowest BCUT2D eigenvalue weighted by Crippen LogP contribution is -2.53. The average molecular weight is 382 g/mol. The van der Waals surface area contributed by atoms with Gasteiger partial charge >= 0.3 is 6.09 Å². The van der Waals surface area contributed by atoms with E-state index in [1.54, 1.807) is 4.90 Å². The maximum Gasteiger partial charge on any atom is 0.410 e. The van der Waals surface area contributed by atoms with E-state index in [2.05, 4.69) is 21.7 Å². The lowest BCUT2D eigenvalue weighted by molar-refractivity contribution is 0.0186. The van der Waals surface area contributed by atoms with E-state index in [0.29, 0.717) is 32.1 Å². The summed E-state index contributed by atoms with van der Waals surface area (Å²) in [5.41, 5.74) is 5.69. The molecule has 2 fully saturated rings. The van der Waals surface area contributed by atoms with Gasteiger partial charge in [0.05, 0.1) is 0 Å². The minimum Gasteiger partial charge on any atom is -0.444 e. The van der Waals surface area contributed by atoms with Crippen molar-refractivity contribution >= 4 is 12.1 Å². The van der Waals surface area contributed by atoms with Crippen LogP contribution in [0.5, 0.6) is 0 Å². The summed E-state index contributed by atoms with van der Waals surface area (Å²) in [4.78, 5) is 23.0. The Labute approximate surface area is 164 Å². The molecule has 1 unspecified atom stereocenters. The number of nitrogens with two attached hydrogens (primary N) is 1. The van der Waals surface area contributed by atoms with Gasteiger partial charge in [0.1, 0.15) is 5.60 Å². The molecule has 2 aliphatic rings. The molecule has 2 rings (SSSR count). The van der Waals surface area contributed by atoms with Gasteiger partial charge in [0.2, 0.25) is 0 Å². The molecule has 0 saturated carbocycles. The number of piperazine rings is 1. The van der Waals surface area contributed by atoms with E-state index in [1.165, 1.54) is 38.9 Å². The molecule has 0 aromatic heterocycles. The molecule has 2 heterocycles. The van der Waals surface area contributed by atoms with E-state index < -0.39 is 5.60 Å². The number of carbonyl (C=O) groups excluding carboxylic acids is 1. The molecular formula is C20H39N5O2. The molecule has 7 heteroatoms. The summed E-state index contributed by atoms with van der Waals surface area (Å²) in [5.74, 6) is 1.44. The van der Waals surface area contributed by atoms with Crippen LogP contribution in [0.4, 0.5) is 4.79 Å². The first-order valence-electron chi connectivity index (χ1n) is 10.5. The molecule has 2 saturated heterocycles. The molecule has 0 aliphatic carbocycles. The largest absolute Gasteiger partial charge is 0.444 e. The van der Waals surface area contributed by atoms with Crippen LogP contribution in [0.2, 0.25) is 0 Å². The summed E-state index contributed by atoms with van der Waals surface area (Å²) in [6.07, 6.45) is 4.71. The van der Waals surface area contributed by atoms with Crippen LogP contribution in [-0.2, 0) is 4.74 Å². The van der Waals surface area contributed by atoms with E-state index in [-0.39, 0.29) is 6.09 Å². The normalized spacial score (nSPS) is 22.8. The molecule has 0 aromatic rings. The van der Waals surface area contributed by atoms with Crippen LogP contribution in [0.1, 0.15) is 53.4 Å². The van der Waals surface area contributed by atoms with E-state index in [9.17, 15) is 4.79 Å². The van der Waals surface area contributed by atoms with E-state index in [0.717, 1.165) is 18.9 Å². The van der Waals surface area contributed by atoms with Gasteiger partial charge in [0.25, 0.3) is 0 Å². The maximum atomic E-state index is 12.1. The van der Waals surface area contributed by atoms with Crippen molar-refractivity contribution in [1.29, 1.82) is 0 Å². The highest BCUT2D eigenvalue weighted by Crippen LogP contribution is 2.15. The summed E-state index contributed by atoms with van der Waals surface area (Å²) in [6, 6.07) is 0. The number of aliphatic imine (C=N–C) groups is 1. The van der Waals surface area contributed by atoms with Crippen LogP contribution in [0, 0.1) is 5.92 Å². The summed E-state index contributed by atoms with van der Waals surface area (Å²) in [5, 5.41) is 0. The monoisotopic (exact) mass is 381 g/mol. The quantitative estimate of drug-likeness (QED) is 0.450. The van der Waals surface area contributed by atoms with Crippen molar-refractivity contribution in [1.82, 2.24) is 14.7 Å². The van der Waals surface area contributed by atoms with Gasteiger partial charge in [0.15, 0.2) is 5.96 Å². The first kappa shape index (κ1) is 21.8. The number of carbonyl (C=O) groups is 1. The van der Waals surface area contributed by atoms with Crippen molar-refractivity contribution in [3.63, 3.8) is 0 Å². The van der Waals surface area contributed by atoms with Gasteiger partial charge < -0.3 is 25.2 Å². The van der Waals surface area contributed by atoms with Crippen LogP contribution in [0.25, 0.3) is 0 Å². The van der Waals surface area contributed by atoms with Crippen molar-refractivity contribution in [2.75, 3.05) is 52.4 Å². The van der Waals surface area contributed by atoms with Crippen molar-refractivity contribution in [2.45, 2.75) is 59.0 Å². The third-order valence-corrected chi connectivity index (χ3v) is 5.15. The second-order valence-corrected chi connectivity index (χ2v) is 8.95. The van der Waals surface area contributed by atoms with Gasteiger partial charge in [-0.1, -0.05) is 6.92 Å². The lowest BCUT2D eigenvalue weighted by atomic mass is 10.0. The summed E-state index contributed by atoms with van der Waals surface area (Å²) in [6.45, 7) is 15.1. The molecule has 2 N–H and O–H groups in total. The molecule has 7 nitrogen and oxygen atoms in total. The molecule has 1 amide bonds. The van der Waals surface area contributed by atoms with E-state index in [4.69, 9.17) is 10.5 Å². The van der Waals surface area contributed by atoms with E-state index >= 15 is 0 Å². The zero-order valence-corrected chi connectivity index (χ0v) is 17.7. The molecule has 0 radical (unpaired) electrons. The highest BCUT2D eigenvalue weighted by Gasteiger charge is 2.26. The minimum atomic E-state index is -0.457. The standard InChI is InChI=1S/C20H39N5O2/c1-17-8-7-11-23(16-17)10-6-5-9-22-18(21)24-12-14-25(15-13-24)19(26)27-20(2,3)4/h17H,5-16H2,1-4H3,(H2,21,22). The van der Waals surface area contributed by atoms with Crippen LogP contribution in [0.3, 0.4) is 0 Å². The number of piperidine rings is 1. The Morgan fingerprint density at radius 2 is 1.78 bits per heavy atom. The third kappa shape index (κ3) is 7.95. The van der Waals surface area contributed by atoms with Crippen molar-refractivity contribution in [3.05, 3.63) is 0 Å². The molecule has 27 heavy (non-hydrogen) atoms. The molecule has 1 atom stereocenters. The highest BCUT2D eigenvalue weighted by atomic mass is 16.6. The fourth-order valence-electron chi connectivity index (χ4n) is 3.68. The molecule has 0 spiro atoms. The number of guanidine groups is 1. The number of ether oxygens (including phenoxy) is 1. The van der Waals surface area contributed by atoms with Crippen molar-refractivity contribution < 1.29 is 9.53 Å². The zero-order valence-electron chi connectivity index (χ0n) is 17.7. The highest BCUT2D eigenvalue weighted by molar-refractivity contribution is 5.78. The SMILES string of the molecule is CC1CCCN(CCCCN=C(N)N2CCN(C(=O)OC(C)(C)C)CC2)C1. The van der Waals surface area contributed by atoms with E-state index in [1.807, 2.05) is 20.8 Å². The van der Waals surface area contributed by atoms with Crippen LogP contribution in [-0.4, -0.2) is 84.7 Å². The first-order valence-corrected chi connectivity index (χ1v) is 10.5. The molecule has 2 aliphatic heterocycles. The fourth-order valence-corrected chi connectivity index (χ4v) is 3.68. The Hall–Kier alpha value is -1.50. The van der Waals surface area contributed by atoms with Gasteiger partial charge in [-0.2, -0.15) is 0 Å².